The summed E-state index contributed by atoms with van der Waals surface area (Å²) in [6.45, 7) is 5.60. The fourth-order valence-electron chi connectivity index (χ4n) is 4.92. The highest BCUT2D eigenvalue weighted by atomic mass is 31.1. The van der Waals surface area contributed by atoms with E-state index in [0.717, 1.165) is 19.3 Å². The molecule has 1 aliphatic carbocycles. The van der Waals surface area contributed by atoms with Crippen molar-refractivity contribution >= 4 is 30.1 Å². The van der Waals surface area contributed by atoms with E-state index in [1.54, 1.807) is 19.9 Å². The van der Waals surface area contributed by atoms with E-state index in [4.69, 9.17) is 0 Å². The topological polar surface area (TPSA) is 34.1 Å². The van der Waals surface area contributed by atoms with Crippen LogP contribution in [0.25, 0.3) is 0 Å². The molecule has 4 rings (SSSR count). The summed E-state index contributed by atoms with van der Waals surface area (Å²) in [6, 6.07) is 32.2. The van der Waals surface area contributed by atoms with Gasteiger partial charge < -0.3 is 0 Å². The first-order chi connectivity index (χ1) is 19.5. The summed E-state index contributed by atoms with van der Waals surface area (Å²) in [5.74, 6) is 0.0726. The summed E-state index contributed by atoms with van der Waals surface area (Å²) >= 11 is 0. The minimum Gasteiger partial charge on any atom is -0.290 e. The third kappa shape index (κ3) is 10.5. The number of rotatable bonds is 13. The number of aryl methyl sites for hydroxylation is 1. The Morgan fingerprint density at radius 1 is 0.525 bits per heavy atom. The van der Waals surface area contributed by atoms with Gasteiger partial charge in [-0.25, -0.2) is 0 Å². The zero-order valence-electron chi connectivity index (χ0n) is 24.6. The Labute approximate surface area is 243 Å². The van der Waals surface area contributed by atoms with Crippen molar-refractivity contribution in [2.24, 2.45) is 0 Å². The maximum Gasteiger partial charge on any atom is 0.185 e. The molecule has 0 atom stereocenters. The van der Waals surface area contributed by atoms with Crippen molar-refractivity contribution in [2.75, 3.05) is 6.16 Å². The lowest BCUT2D eigenvalue weighted by Crippen LogP contribution is -2.16. The number of allylic oxidation sites excluding steroid dienone is 4. The first-order valence-electron chi connectivity index (χ1n) is 14.8. The molecule has 0 heterocycles. The van der Waals surface area contributed by atoms with E-state index in [1.807, 2.05) is 18.2 Å². The van der Waals surface area contributed by atoms with Crippen LogP contribution in [0.4, 0.5) is 0 Å². The highest BCUT2D eigenvalue weighted by Gasteiger charge is 2.22. The molecular weight excluding hydrogens is 507 g/mol. The van der Waals surface area contributed by atoms with Crippen molar-refractivity contribution in [3.05, 3.63) is 119 Å². The predicted octanol–water partition coefficient (Wildman–Crippen LogP) is 9.04. The molecule has 40 heavy (non-hydrogen) atoms. The fraction of sp³-hybridized carbons (Fsp3) is 0.351. The molecule has 3 heteroatoms. The van der Waals surface area contributed by atoms with Gasteiger partial charge in [-0.05, 0) is 70.8 Å². The summed E-state index contributed by atoms with van der Waals surface area (Å²) in [6.07, 6.45) is 13.3. The third-order valence-corrected chi connectivity index (χ3v) is 10.1. The monoisotopic (exact) mass is 552 g/mol. The molecule has 0 saturated carbocycles. The molecule has 0 aliphatic heterocycles. The lowest BCUT2D eigenvalue weighted by Gasteiger charge is -2.18. The molecule has 210 valence electrons. The SMILES string of the molecule is CC1=C(C)C(=O)C(CCCCCCCCCCP(c2ccccc2)c2ccccc2)=CC1=O.Cc1ccccc1. The predicted molar refractivity (Wildman–Crippen MR) is 173 cm³/mol. The zero-order valence-corrected chi connectivity index (χ0v) is 25.5. The normalized spacial score (nSPS) is 13.2. The summed E-state index contributed by atoms with van der Waals surface area (Å²) in [5.41, 5.74) is 3.25. The van der Waals surface area contributed by atoms with Crippen LogP contribution in [0, 0.1) is 6.92 Å². The second kappa shape index (κ2) is 17.6. The molecule has 0 N–H and O–H groups in total. The molecule has 0 aromatic heterocycles. The van der Waals surface area contributed by atoms with E-state index in [2.05, 4.69) is 79.7 Å². The standard InChI is InChI=1S/C30H37O2P.C7H8/c1-24-25(2)30(32)26(23-29(24)31)17-11-7-5-3-4-6-8-16-22-33(27-18-12-9-13-19-27)28-20-14-10-15-21-28;1-7-5-3-2-4-6-7/h9-10,12-15,18-21,23H,3-8,11,16-17,22H2,1-2H3;2-6H,1H3. The van der Waals surface area contributed by atoms with Crippen LogP contribution < -0.4 is 10.6 Å². The number of carbonyl (C=O) groups is 2. The molecule has 0 radical (unpaired) electrons. The van der Waals surface area contributed by atoms with E-state index in [1.165, 1.54) is 60.9 Å². The van der Waals surface area contributed by atoms with Gasteiger partial charge in [0.1, 0.15) is 0 Å². The molecule has 1 aliphatic rings. The first kappa shape index (κ1) is 31.4. The maximum absolute atomic E-state index is 12.3. The molecule has 0 spiro atoms. The van der Waals surface area contributed by atoms with Gasteiger partial charge >= 0.3 is 0 Å². The number of Topliss-reactive ketones (excluding diaryl/α,β-unsaturated/α-hetero) is 1. The van der Waals surface area contributed by atoms with Crippen molar-refractivity contribution in [1.29, 1.82) is 0 Å². The van der Waals surface area contributed by atoms with Gasteiger partial charge in [0.15, 0.2) is 11.6 Å². The quantitative estimate of drug-likeness (QED) is 0.120. The Balaban J connectivity index is 0.000000547. The summed E-state index contributed by atoms with van der Waals surface area (Å²) < 4.78 is 0. The van der Waals surface area contributed by atoms with Gasteiger partial charge in [0.05, 0.1) is 0 Å². The minimum absolute atomic E-state index is 0.00490. The smallest absolute Gasteiger partial charge is 0.185 e. The molecule has 0 unspecified atom stereocenters. The van der Waals surface area contributed by atoms with Crippen LogP contribution in [-0.2, 0) is 9.59 Å². The number of unbranched alkanes of at least 4 members (excludes halogenated alkanes) is 7. The lowest BCUT2D eigenvalue weighted by molar-refractivity contribution is -0.116. The van der Waals surface area contributed by atoms with Crippen molar-refractivity contribution in [2.45, 2.75) is 78.6 Å². The van der Waals surface area contributed by atoms with Crippen molar-refractivity contribution in [3.63, 3.8) is 0 Å². The fourth-order valence-corrected chi connectivity index (χ4v) is 7.34. The Morgan fingerprint density at radius 2 is 0.975 bits per heavy atom. The van der Waals surface area contributed by atoms with Gasteiger partial charge in [0, 0.05) is 16.7 Å². The molecule has 3 aromatic rings. The second-order valence-electron chi connectivity index (χ2n) is 10.7. The Hall–Kier alpha value is -3.09. The van der Waals surface area contributed by atoms with E-state index >= 15 is 0 Å². The number of hydrogen-bond acceptors (Lipinski definition) is 2. The highest BCUT2D eigenvalue weighted by molar-refractivity contribution is 7.73. The summed E-state index contributed by atoms with van der Waals surface area (Å²) in [5, 5.41) is 2.96. The van der Waals surface area contributed by atoms with Gasteiger partial charge in [0.25, 0.3) is 0 Å². The van der Waals surface area contributed by atoms with Crippen LogP contribution in [-0.4, -0.2) is 17.7 Å². The highest BCUT2D eigenvalue weighted by Crippen LogP contribution is 2.34. The zero-order chi connectivity index (χ0) is 28.6. The Morgan fingerprint density at radius 3 is 1.45 bits per heavy atom. The van der Waals surface area contributed by atoms with Crippen molar-refractivity contribution in [3.8, 4) is 0 Å². The van der Waals surface area contributed by atoms with Crippen LogP contribution in [0.2, 0.25) is 0 Å². The van der Waals surface area contributed by atoms with E-state index in [-0.39, 0.29) is 19.5 Å². The lowest BCUT2D eigenvalue weighted by atomic mass is 9.88. The van der Waals surface area contributed by atoms with Gasteiger partial charge in [-0.2, -0.15) is 0 Å². The van der Waals surface area contributed by atoms with Crippen LogP contribution >= 0.6 is 7.92 Å². The van der Waals surface area contributed by atoms with E-state index < -0.39 is 0 Å². The molecule has 2 nitrogen and oxygen atoms in total. The average molecular weight is 553 g/mol. The van der Waals surface area contributed by atoms with Crippen LogP contribution in [0.3, 0.4) is 0 Å². The summed E-state index contributed by atoms with van der Waals surface area (Å²) in [7, 11) is -0.263. The van der Waals surface area contributed by atoms with Crippen LogP contribution in [0.15, 0.2) is 114 Å². The molecule has 0 saturated heterocycles. The van der Waals surface area contributed by atoms with Crippen molar-refractivity contribution in [1.82, 2.24) is 0 Å². The molecule has 3 aromatic carbocycles. The maximum atomic E-state index is 12.3. The third-order valence-electron chi connectivity index (χ3n) is 7.52. The average Bonchev–Trinajstić information content (AvgIpc) is 2.99. The van der Waals surface area contributed by atoms with Crippen LogP contribution in [0.1, 0.15) is 77.2 Å². The summed E-state index contributed by atoms with van der Waals surface area (Å²) in [4.78, 5) is 24.2. The Kier molecular flexibility index (Phi) is 13.8. The van der Waals surface area contributed by atoms with Gasteiger partial charge in [-0.3, -0.25) is 9.59 Å². The molecule has 0 amide bonds. The second-order valence-corrected chi connectivity index (χ2v) is 13.0. The molecule has 0 fully saturated rings. The Bertz CT molecular complexity index is 1200. The van der Waals surface area contributed by atoms with Gasteiger partial charge in [0.2, 0.25) is 0 Å². The van der Waals surface area contributed by atoms with Crippen LogP contribution in [0.5, 0.6) is 0 Å². The van der Waals surface area contributed by atoms with Gasteiger partial charge in [-0.1, -0.05) is 135 Å². The number of benzene rings is 3. The van der Waals surface area contributed by atoms with Gasteiger partial charge in [-0.15, -0.1) is 0 Å². The minimum atomic E-state index is -0.263. The number of carbonyl (C=O) groups excluding carboxylic acids is 2. The molecular formula is C37H45O2P. The number of ketones is 2. The number of hydrogen-bond donors (Lipinski definition) is 0. The van der Waals surface area contributed by atoms with Crippen molar-refractivity contribution < 1.29 is 9.59 Å². The first-order valence-corrected chi connectivity index (χ1v) is 16.4. The van der Waals surface area contributed by atoms with E-state index in [0.29, 0.717) is 16.7 Å². The van der Waals surface area contributed by atoms with E-state index in [9.17, 15) is 9.59 Å². The largest absolute Gasteiger partial charge is 0.290 e. The molecule has 0 bridgehead atoms.